The molecule has 3 rings (SSSR count). The molecule has 0 saturated heterocycles. The van der Waals surface area contributed by atoms with Crippen LogP contribution in [0.2, 0.25) is 0 Å². The quantitative estimate of drug-likeness (QED) is 0.865. The summed E-state index contributed by atoms with van der Waals surface area (Å²) in [5.74, 6) is -1.04. The number of fused-ring (bicyclic) bond motifs is 1. The summed E-state index contributed by atoms with van der Waals surface area (Å²) < 4.78 is 0. The van der Waals surface area contributed by atoms with Crippen molar-refractivity contribution in [3.05, 3.63) is 64.7 Å². The molecule has 3 amide bonds. The number of hydrogen-bond donors (Lipinski definition) is 1. The van der Waals surface area contributed by atoms with E-state index in [0.717, 1.165) is 10.5 Å². The van der Waals surface area contributed by atoms with E-state index in [-0.39, 0.29) is 23.3 Å². The monoisotopic (exact) mass is 294 g/mol. The largest absolute Gasteiger partial charge is 0.322 e. The molecule has 5 nitrogen and oxygen atoms in total. The van der Waals surface area contributed by atoms with E-state index in [1.54, 1.807) is 6.07 Å². The maximum Gasteiger partial charge on any atom is 0.261 e. The predicted octanol–water partition coefficient (Wildman–Crippen LogP) is 2.47. The van der Waals surface area contributed by atoms with Crippen molar-refractivity contribution in [2.45, 2.75) is 6.92 Å². The molecule has 0 atom stereocenters. The molecule has 0 unspecified atom stereocenters. The van der Waals surface area contributed by atoms with Gasteiger partial charge in [-0.15, -0.1) is 0 Å². The Labute approximate surface area is 127 Å². The first-order valence-electron chi connectivity index (χ1n) is 6.82. The standard InChI is InChI=1S/C17H14N2O3/c1-10-5-3-4-6-14(10)18-15(20)11-7-8-12-13(9-11)17(22)19(2)16(12)21/h3-9H,1-2H3,(H,18,20). The van der Waals surface area contributed by atoms with Gasteiger partial charge in [0.25, 0.3) is 17.7 Å². The Kier molecular flexibility index (Phi) is 3.25. The highest BCUT2D eigenvalue weighted by Crippen LogP contribution is 2.23. The maximum atomic E-state index is 12.3. The second-order valence-electron chi connectivity index (χ2n) is 5.20. The van der Waals surface area contributed by atoms with Gasteiger partial charge in [-0.2, -0.15) is 0 Å². The van der Waals surface area contributed by atoms with Crippen molar-refractivity contribution in [2.75, 3.05) is 12.4 Å². The zero-order valence-electron chi connectivity index (χ0n) is 12.2. The van der Waals surface area contributed by atoms with E-state index in [4.69, 9.17) is 0 Å². The van der Waals surface area contributed by atoms with Crippen molar-refractivity contribution in [3.8, 4) is 0 Å². The molecule has 5 heteroatoms. The van der Waals surface area contributed by atoms with Crippen LogP contribution >= 0.6 is 0 Å². The van der Waals surface area contributed by atoms with Crippen LogP contribution in [0, 0.1) is 6.92 Å². The topological polar surface area (TPSA) is 66.5 Å². The van der Waals surface area contributed by atoms with Gasteiger partial charge in [0.05, 0.1) is 11.1 Å². The van der Waals surface area contributed by atoms with Gasteiger partial charge in [0, 0.05) is 18.3 Å². The smallest absolute Gasteiger partial charge is 0.261 e. The van der Waals surface area contributed by atoms with Gasteiger partial charge in [-0.25, -0.2) is 0 Å². The van der Waals surface area contributed by atoms with Gasteiger partial charge in [-0.1, -0.05) is 18.2 Å². The number of carbonyl (C=O) groups is 3. The molecular formula is C17H14N2O3. The molecular weight excluding hydrogens is 280 g/mol. The van der Waals surface area contributed by atoms with Crippen molar-refractivity contribution >= 4 is 23.4 Å². The van der Waals surface area contributed by atoms with E-state index in [9.17, 15) is 14.4 Å². The van der Waals surface area contributed by atoms with Crippen molar-refractivity contribution in [3.63, 3.8) is 0 Å². The first kappa shape index (κ1) is 14.0. The van der Waals surface area contributed by atoms with Gasteiger partial charge < -0.3 is 5.32 Å². The molecule has 0 radical (unpaired) electrons. The molecule has 0 bridgehead atoms. The van der Waals surface area contributed by atoms with E-state index >= 15 is 0 Å². The number of hydrogen-bond acceptors (Lipinski definition) is 3. The number of aryl methyl sites for hydroxylation is 1. The summed E-state index contributed by atoms with van der Waals surface area (Å²) in [6, 6.07) is 12.0. The van der Waals surface area contributed by atoms with E-state index in [1.807, 2.05) is 31.2 Å². The lowest BCUT2D eigenvalue weighted by Gasteiger charge is -2.08. The third kappa shape index (κ3) is 2.16. The molecule has 110 valence electrons. The van der Waals surface area contributed by atoms with Crippen LogP contribution in [0.4, 0.5) is 5.69 Å². The van der Waals surface area contributed by atoms with Crippen molar-refractivity contribution in [2.24, 2.45) is 0 Å². The highest BCUT2D eigenvalue weighted by molar-refractivity contribution is 6.22. The number of nitrogens with one attached hydrogen (secondary N) is 1. The minimum atomic E-state index is -0.384. The number of imide groups is 1. The summed E-state index contributed by atoms with van der Waals surface area (Å²) in [7, 11) is 1.43. The summed E-state index contributed by atoms with van der Waals surface area (Å²) in [4.78, 5) is 37.2. The minimum Gasteiger partial charge on any atom is -0.322 e. The van der Waals surface area contributed by atoms with Crippen LogP contribution in [0.3, 0.4) is 0 Å². The van der Waals surface area contributed by atoms with Crippen molar-refractivity contribution < 1.29 is 14.4 Å². The van der Waals surface area contributed by atoms with Crippen LogP contribution in [0.1, 0.15) is 36.6 Å². The van der Waals surface area contributed by atoms with Crippen molar-refractivity contribution in [1.82, 2.24) is 4.90 Å². The van der Waals surface area contributed by atoms with Crippen LogP contribution in [0.15, 0.2) is 42.5 Å². The lowest BCUT2D eigenvalue weighted by Crippen LogP contribution is -2.24. The summed E-state index contributed by atoms with van der Waals surface area (Å²) in [6.07, 6.45) is 0. The van der Waals surface area contributed by atoms with Crippen LogP contribution in [-0.4, -0.2) is 29.7 Å². The van der Waals surface area contributed by atoms with E-state index in [2.05, 4.69) is 5.32 Å². The molecule has 0 spiro atoms. The predicted molar refractivity (Wildman–Crippen MR) is 82.0 cm³/mol. The third-order valence-corrected chi connectivity index (χ3v) is 3.75. The number of amides is 3. The number of para-hydroxylation sites is 1. The second-order valence-corrected chi connectivity index (χ2v) is 5.20. The molecule has 0 aromatic heterocycles. The molecule has 0 aliphatic carbocycles. The summed E-state index contributed by atoms with van der Waals surface area (Å²) >= 11 is 0. The van der Waals surface area contributed by atoms with Gasteiger partial charge in [-0.3, -0.25) is 19.3 Å². The lowest BCUT2D eigenvalue weighted by molar-refractivity contribution is 0.0693. The van der Waals surface area contributed by atoms with Crippen LogP contribution in [-0.2, 0) is 0 Å². The molecule has 1 aliphatic rings. The maximum absolute atomic E-state index is 12.3. The van der Waals surface area contributed by atoms with Crippen LogP contribution in [0.5, 0.6) is 0 Å². The van der Waals surface area contributed by atoms with E-state index in [1.165, 1.54) is 19.2 Å². The zero-order chi connectivity index (χ0) is 15.9. The Bertz CT molecular complexity index is 811. The van der Waals surface area contributed by atoms with Crippen molar-refractivity contribution in [1.29, 1.82) is 0 Å². The summed E-state index contributed by atoms with van der Waals surface area (Å²) in [5.41, 5.74) is 2.61. The first-order chi connectivity index (χ1) is 10.5. The van der Waals surface area contributed by atoms with Gasteiger partial charge in [-0.05, 0) is 36.8 Å². The Morgan fingerprint density at radius 3 is 2.41 bits per heavy atom. The SMILES string of the molecule is Cc1ccccc1NC(=O)c1ccc2c(c1)C(=O)N(C)C2=O. The highest BCUT2D eigenvalue weighted by Gasteiger charge is 2.33. The van der Waals surface area contributed by atoms with E-state index in [0.29, 0.717) is 16.8 Å². The molecule has 2 aromatic rings. The first-order valence-corrected chi connectivity index (χ1v) is 6.82. The Morgan fingerprint density at radius 2 is 1.68 bits per heavy atom. The number of carbonyl (C=O) groups excluding carboxylic acids is 3. The number of anilines is 1. The summed E-state index contributed by atoms with van der Waals surface area (Å²) in [6.45, 7) is 1.90. The van der Waals surface area contributed by atoms with Gasteiger partial charge in [0.1, 0.15) is 0 Å². The average Bonchev–Trinajstić information content (AvgIpc) is 2.74. The van der Waals surface area contributed by atoms with Gasteiger partial charge in [0.2, 0.25) is 0 Å². The van der Waals surface area contributed by atoms with E-state index < -0.39 is 0 Å². The molecule has 1 heterocycles. The fourth-order valence-corrected chi connectivity index (χ4v) is 2.41. The zero-order valence-corrected chi connectivity index (χ0v) is 12.2. The summed E-state index contributed by atoms with van der Waals surface area (Å²) in [5, 5.41) is 2.81. The second kappa shape index (κ2) is 5.11. The highest BCUT2D eigenvalue weighted by atomic mass is 16.2. The number of benzene rings is 2. The van der Waals surface area contributed by atoms with Gasteiger partial charge in [0.15, 0.2) is 0 Å². The third-order valence-electron chi connectivity index (χ3n) is 3.75. The number of nitrogens with zero attached hydrogens (tertiary/aromatic N) is 1. The minimum absolute atomic E-state index is 0.268. The molecule has 2 aromatic carbocycles. The lowest BCUT2D eigenvalue weighted by atomic mass is 10.0. The van der Waals surface area contributed by atoms with Gasteiger partial charge >= 0.3 is 0 Å². The van der Waals surface area contributed by atoms with Crippen LogP contribution in [0.25, 0.3) is 0 Å². The fraction of sp³-hybridized carbons (Fsp3) is 0.118. The Morgan fingerprint density at radius 1 is 1.00 bits per heavy atom. The molecule has 1 aliphatic heterocycles. The normalized spacial score (nSPS) is 13.3. The number of rotatable bonds is 2. The molecule has 22 heavy (non-hydrogen) atoms. The molecule has 0 saturated carbocycles. The Hall–Kier alpha value is -2.95. The molecule has 0 fully saturated rings. The molecule has 1 N–H and O–H groups in total. The fourth-order valence-electron chi connectivity index (χ4n) is 2.41. The average molecular weight is 294 g/mol. The van der Waals surface area contributed by atoms with Crippen LogP contribution < -0.4 is 5.32 Å². The Balaban J connectivity index is 1.91.